The molecular formula is C13H18BrN3O3. The SMILES string of the molecule is COCCC1(CNc2ncc([N+](=O)[O-])c(C)c2Br)CC1. The van der Waals surface area contributed by atoms with Crippen molar-refractivity contribution in [1.29, 1.82) is 0 Å². The summed E-state index contributed by atoms with van der Waals surface area (Å²) in [7, 11) is 1.71. The standard InChI is InChI=1S/C13H18BrN3O3/c1-9-10(17(18)19)7-15-12(11(9)14)16-8-13(3-4-13)5-6-20-2/h7H,3-6,8H2,1-2H3,(H,15,16). The van der Waals surface area contributed by atoms with Crippen molar-refractivity contribution in [3.05, 3.63) is 26.3 Å². The van der Waals surface area contributed by atoms with Crippen molar-refractivity contribution >= 4 is 27.4 Å². The van der Waals surface area contributed by atoms with Crippen LogP contribution in [0.25, 0.3) is 0 Å². The first-order valence-electron chi connectivity index (χ1n) is 6.51. The van der Waals surface area contributed by atoms with Gasteiger partial charge in [0.15, 0.2) is 0 Å². The van der Waals surface area contributed by atoms with E-state index in [2.05, 4.69) is 26.2 Å². The van der Waals surface area contributed by atoms with Gasteiger partial charge >= 0.3 is 0 Å². The van der Waals surface area contributed by atoms with Gasteiger partial charge in [-0.2, -0.15) is 0 Å². The third-order valence-electron chi connectivity index (χ3n) is 3.86. The molecule has 0 atom stereocenters. The predicted octanol–water partition coefficient (Wildman–Crippen LogP) is 3.29. The van der Waals surface area contributed by atoms with Crippen LogP contribution in [-0.2, 0) is 4.74 Å². The molecule has 110 valence electrons. The van der Waals surface area contributed by atoms with E-state index in [-0.39, 0.29) is 5.69 Å². The molecule has 1 N–H and O–H groups in total. The molecule has 1 aromatic heterocycles. The Bertz CT molecular complexity index is 518. The fourth-order valence-corrected chi connectivity index (χ4v) is 2.60. The van der Waals surface area contributed by atoms with Crippen molar-refractivity contribution in [3.8, 4) is 0 Å². The molecule has 20 heavy (non-hydrogen) atoms. The minimum absolute atomic E-state index is 0.0305. The Hall–Kier alpha value is -1.21. The first kappa shape index (κ1) is 15.2. The smallest absolute Gasteiger partial charge is 0.291 e. The van der Waals surface area contributed by atoms with Crippen LogP contribution >= 0.6 is 15.9 Å². The lowest BCUT2D eigenvalue weighted by atomic mass is 10.0. The lowest BCUT2D eigenvalue weighted by Gasteiger charge is -2.17. The molecule has 1 saturated carbocycles. The number of nitrogens with one attached hydrogen (secondary N) is 1. The summed E-state index contributed by atoms with van der Waals surface area (Å²) >= 11 is 3.39. The van der Waals surface area contributed by atoms with Gasteiger partial charge in [0.1, 0.15) is 12.0 Å². The van der Waals surface area contributed by atoms with Gasteiger partial charge in [-0.3, -0.25) is 10.1 Å². The monoisotopic (exact) mass is 343 g/mol. The summed E-state index contributed by atoms with van der Waals surface area (Å²) in [5.41, 5.74) is 0.921. The van der Waals surface area contributed by atoms with E-state index in [0.717, 1.165) is 19.6 Å². The van der Waals surface area contributed by atoms with Crippen LogP contribution in [0.1, 0.15) is 24.8 Å². The molecule has 6 nitrogen and oxygen atoms in total. The highest BCUT2D eigenvalue weighted by Gasteiger charge is 2.41. The van der Waals surface area contributed by atoms with E-state index in [9.17, 15) is 10.1 Å². The quantitative estimate of drug-likeness (QED) is 0.607. The van der Waals surface area contributed by atoms with Crippen molar-refractivity contribution in [2.75, 3.05) is 25.6 Å². The number of hydrogen-bond donors (Lipinski definition) is 1. The number of aromatic nitrogens is 1. The van der Waals surface area contributed by atoms with E-state index in [0.29, 0.717) is 21.3 Å². The van der Waals surface area contributed by atoms with Gasteiger partial charge in [0.05, 0.1) is 9.40 Å². The highest BCUT2D eigenvalue weighted by molar-refractivity contribution is 9.10. The number of nitro groups is 1. The Morgan fingerprint density at radius 2 is 2.30 bits per heavy atom. The Morgan fingerprint density at radius 3 is 2.85 bits per heavy atom. The lowest BCUT2D eigenvalue weighted by molar-refractivity contribution is -0.385. The average molecular weight is 344 g/mol. The van der Waals surface area contributed by atoms with Crippen LogP contribution < -0.4 is 5.32 Å². The normalized spacial score (nSPS) is 15.9. The number of methoxy groups -OCH3 is 1. The van der Waals surface area contributed by atoms with Crippen LogP contribution in [0.3, 0.4) is 0 Å². The molecule has 2 rings (SSSR count). The number of pyridine rings is 1. The molecule has 0 amide bonds. The molecule has 0 aromatic carbocycles. The largest absolute Gasteiger partial charge is 0.385 e. The number of nitrogens with zero attached hydrogens (tertiary/aromatic N) is 2. The van der Waals surface area contributed by atoms with Crippen LogP contribution in [0.2, 0.25) is 0 Å². The Kier molecular flexibility index (Phi) is 4.59. The summed E-state index contributed by atoms with van der Waals surface area (Å²) in [6.45, 7) is 3.29. The number of anilines is 1. The second-order valence-corrected chi connectivity index (χ2v) is 6.08. The number of rotatable bonds is 7. The van der Waals surface area contributed by atoms with Crippen molar-refractivity contribution in [2.24, 2.45) is 5.41 Å². The molecule has 7 heteroatoms. The Morgan fingerprint density at radius 1 is 1.60 bits per heavy atom. The van der Waals surface area contributed by atoms with Gasteiger partial charge in [-0.25, -0.2) is 4.98 Å². The van der Waals surface area contributed by atoms with Gasteiger partial charge in [0.25, 0.3) is 5.69 Å². The van der Waals surface area contributed by atoms with Gasteiger partial charge in [-0.15, -0.1) is 0 Å². The highest BCUT2D eigenvalue weighted by Crippen LogP contribution is 2.49. The fourth-order valence-electron chi connectivity index (χ4n) is 2.16. The van der Waals surface area contributed by atoms with Crippen LogP contribution in [0.5, 0.6) is 0 Å². The van der Waals surface area contributed by atoms with Crippen LogP contribution in [0.4, 0.5) is 11.5 Å². The highest BCUT2D eigenvalue weighted by atomic mass is 79.9. The second-order valence-electron chi connectivity index (χ2n) is 5.28. The molecule has 0 saturated heterocycles. The molecule has 0 radical (unpaired) electrons. The minimum atomic E-state index is -0.419. The van der Waals surface area contributed by atoms with E-state index >= 15 is 0 Å². The molecule has 1 aliphatic rings. The van der Waals surface area contributed by atoms with Crippen molar-refractivity contribution in [3.63, 3.8) is 0 Å². The molecule has 1 aliphatic carbocycles. The van der Waals surface area contributed by atoms with E-state index < -0.39 is 4.92 Å². The van der Waals surface area contributed by atoms with E-state index in [4.69, 9.17) is 4.74 Å². The van der Waals surface area contributed by atoms with Crippen molar-refractivity contribution < 1.29 is 9.66 Å². The zero-order valence-electron chi connectivity index (χ0n) is 11.6. The van der Waals surface area contributed by atoms with Crippen LogP contribution in [-0.4, -0.2) is 30.2 Å². The summed E-state index contributed by atoms with van der Waals surface area (Å²) in [5, 5.41) is 14.1. The zero-order chi connectivity index (χ0) is 14.8. The molecule has 1 fully saturated rings. The van der Waals surface area contributed by atoms with Crippen LogP contribution in [0, 0.1) is 22.5 Å². The molecule has 0 aliphatic heterocycles. The van der Waals surface area contributed by atoms with Gasteiger partial charge < -0.3 is 10.1 Å². The first-order valence-corrected chi connectivity index (χ1v) is 7.31. The van der Waals surface area contributed by atoms with Gasteiger partial charge in [-0.1, -0.05) is 0 Å². The van der Waals surface area contributed by atoms with Gasteiger partial charge in [-0.05, 0) is 47.5 Å². The van der Waals surface area contributed by atoms with Crippen molar-refractivity contribution in [1.82, 2.24) is 4.98 Å². The fraction of sp³-hybridized carbons (Fsp3) is 0.615. The van der Waals surface area contributed by atoms with E-state index in [1.165, 1.54) is 19.0 Å². The third-order valence-corrected chi connectivity index (χ3v) is 4.83. The van der Waals surface area contributed by atoms with E-state index in [1.54, 1.807) is 14.0 Å². The lowest BCUT2D eigenvalue weighted by Crippen LogP contribution is -2.18. The van der Waals surface area contributed by atoms with Crippen molar-refractivity contribution in [2.45, 2.75) is 26.2 Å². The molecule has 1 aromatic rings. The topological polar surface area (TPSA) is 77.3 Å². The Balaban J connectivity index is 2.04. The summed E-state index contributed by atoms with van der Waals surface area (Å²) in [6.07, 6.45) is 4.71. The number of halogens is 1. The van der Waals surface area contributed by atoms with Gasteiger partial charge in [0, 0.05) is 25.8 Å². The molecule has 0 spiro atoms. The summed E-state index contributed by atoms with van der Waals surface area (Å²) < 4.78 is 5.79. The number of hydrogen-bond acceptors (Lipinski definition) is 5. The summed E-state index contributed by atoms with van der Waals surface area (Å²) in [5.74, 6) is 0.664. The molecule has 0 unspecified atom stereocenters. The van der Waals surface area contributed by atoms with Crippen LogP contribution in [0.15, 0.2) is 10.7 Å². The molecule has 0 bridgehead atoms. The summed E-state index contributed by atoms with van der Waals surface area (Å²) in [4.78, 5) is 14.6. The Labute approximate surface area is 126 Å². The predicted molar refractivity (Wildman–Crippen MR) is 80.0 cm³/mol. The third kappa shape index (κ3) is 3.27. The van der Waals surface area contributed by atoms with E-state index in [1.807, 2.05) is 0 Å². The molecular weight excluding hydrogens is 326 g/mol. The molecule has 1 heterocycles. The van der Waals surface area contributed by atoms with Gasteiger partial charge in [0.2, 0.25) is 0 Å². The maximum absolute atomic E-state index is 10.8. The zero-order valence-corrected chi connectivity index (χ0v) is 13.2. The maximum Gasteiger partial charge on any atom is 0.291 e. The minimum Gasteiger partial charge on any atom is -0.385 e. The second kappa shape index (κ2) is 6.05. The average Bonchev–Trinajstić information content (AvgIpc) is 3.18. The first-order chi connectivity index (χ1) is 9.49. The maximum atomic E-state index is 10.8. The summed E-state index contributed by atoms with van der Waals surface area (Å²) in [6, 6.07) is 0. The number of ether oxygens (including phenoxy) is 1.